The Morgan fingerprint density at radius 3 is 2.43 bits per heavy atom. The Morgan fingerprint density at radius 1 is 1.14 bits per heavy atom. The second kappa shape index (κ2) is 4.93. The molecule has 1 aromatic heterocycles. The first-order chi connectivity index (χ1) is 9.97. The van der Waals surface area contributed by atoms with E-state index in [9.17, 15) is 4.79 Å². The predicted octanol–water partition coefficient (Wildman–Crippen LogP) is 3.91. The molecule has 2 N–H and O–H groups in total. The van der Waals surface area contributed by atoms with Crippen LogP contribution in [0.25, 0.3) is 22.0 Å². The third-order valence-electron chi connectivity index (χ3n) is 3.68. The number of primary amides is 1. The van der Waals surface area contributed by atoms with Crippen LogP contribution in [0.1, 0.15) is 16.1 Å². The minimum absolute atomic E-state index is 0.423. The van der Waals surface area contributed by atoms with Crippen molar-refractivity contribution < 1.29 is 4.79 Å². The first kappa shape index (κ1) is 13.7. The number of amides is 1. The zero-order valence-electron chi connectivity index (χ0n) is 11.9. The van der Waals surface area contributed by atoms with Gasteiger partial charge >= 0.3 is 0 Å². The molecule has 1 amide bonds. The molecule has 106 valence electrons. The maximum absolute atomic E-state index is 11.6. The van der Waals surface area contributed by atoms with E-state index < -0.39 is 5.91 Å². The molecule has 3 aromatic rings. The number of nitrogens with two attached hydrogens (primary N) is 1. The Labute approximate surface area is 127 Å². The van der Waals surface area contributed by atoms with E-state index in [4.69, 9.17) is 17.3 Å². The lowest BCUT2D eigenvalue weighted by Crippen LogP contribution is -2.14. The number of halogens is 1. The molecule has 1 heterocycles. The predicted molar refractivity (Wildman–Crippen MR) is 86.6 cm³/mol. The molecule has 21 heavy (non-hydrogen) atoms. The lowest BCUT2D eigenvalue weighted by Gasteiger charge is -2.09. The maximum Gasteiger partial charge on any atom is 0.265 e. The van der Waals surface area contributed by atoms with E-state index in [2.05, 4.69) is 12.1 Å². The van der Waals surface area contributed by atoms with Crippen LogP contribution in [0.4, 0.5) is 0 Å². The number of hydrogen-bond donors (Lipinski definition) is 1. The molecule has 0 bridgehead atoms. The first-order valence-electron chi connectivity index (χ1n) is 6.63. The Kier molecular flexibility index (Phi) is 3.22. The zero-order valence-corrected chi connectivity index (χ0v) is 12.6. The summed E-state index contributed by atoms with van der Waals surface area (Å²) in [7, 11) is 1.86. The monoisotopic (exact) mass is 298 g/mol. The average molecular weight is 299 g/mol. The SMILES string of the molecule is Cc1cc(-c2ccc(Cl)cc2)c2c(c1)cc(C(N)=O)n2C. The average Bonchev–Trinajstić information content (AvgIpc) is 2.76. The van der Waals surface area contributed by atoms with Crippen LogP contribution < -0.4 is 5.73 Å². The van der Waals surface area contributed by atoms with Gasteiger partial charge < -0.3 is 10.3 Å². The number of carbonyl (C=O) groups is 1. The van der Waals surface area contributed by atoms with Gasteiger partial charge in [0.05, 0.1) is 5.52 Å². The van der Waals surface area contributed by atoms with Gasteiger partial charge in [0.2, 0.25) is 0 Å². The Bertz CT molecular complexity index is 847. The van der Waals surface area contributed by atoms with Gasteiger partial charge in [-0.3, -0.25) is 4.79 Å². The largest absolute Gasteiger partial charge is 0.364 e. The highest BCUT2D eigenvalue weighted by Gasteiger charge is 2.15. The minimum Gasteiger partial charge on any atom is -0.364 e. The number of carbonyl (C=O) groups excluding carboxylic acids is 1. The van der Waals surface area contributed by atoms with Gasteiger partial charge in [-0.25, -0.2) is 0 Å². The Hall–Kier alpha value is -2.26. The van der Waals surface area contributed by atoms with Gasteiger partial charge in [0.1, 0.15) is 5.69 Å². The lowest BCUT2D eigenvalue weighted by atomic mass is 10.0. The summed E-state index contributed by atoms with van der Waals surface area (Å²) >= 11 is 5.96. The normalized spacial score (nSPS) is 11.0. The van der Waals surface area contributed by atoms with Crippen molar-refractivity contribution in [1.29, 1.82) is 0 Å². The molecule has 0 fully saturated rings. The Balaban J connectivity index is 2.36. The number of aryl methyl sites for hydroxylation is 2. The molecule has 0 aliphatic heterocycles. The third kappa shape index (κ3) is 2.30. The summed E-state index contributed by atoms with van der Waals surface area (Å²) in [6, 6.07) is 13.7. The van der Waals surface area contributed by atoms with Crippen molar-refractivity contribution in [3.05, 3.63) is 58.7 Å². The van der Waals surface area contributed by atoms with Crippen molar-refractivity contribution >= 4 is 28.4 Å². The lowest BCUT2D eigenvalue weighted by molar-refractivity contribution is 0.0993. The number of aromatic nitrogens is 1. The summed E-state index contributed by atoms with van der Waals surface area (Å²) in [6.45, 7) is 2.04. The number of benzene rings is 2. The summed E-state index contributed by atoms with van der Waals surface area (Å²) in [4.78, 5) is 11.6. The smallest absolute Gasteiger partial charge is 0.265 e. The van der Waals surface area contributed by atoms with Gasteiger partial charge in [0.15, 0.2) is 0 Å². The minimum atomic E-state index is -0.423. The standard InChI is InChI=1S/C17H15ClN2O/c1-10-7-12-9-15(17(19)21)20(2)16(12)14(8-10)11-3-5-13(18)6-4-11/h3-9H,1-2H3,(H2,19,21). The first-order valence-corrected chi connectivity index (χ1v) is 7.01. The number of hydrogen-bond acceptors (Lipinski definition) is 1. The van der Waals surface area contributed by atoms with Gasteiger partial charge in [-0.15, -0.1) is 0 Å². The molecule has 0 atom stereocenters. The van der Waals surface area contributed by atoms with Crippen LogP contribution in [-0.4, -0.2) is 10.5 Å². The summed E-state index contributed by atoms with van der Waals surface area (Å²) in [6.07, 6.45) is 0. The maximum atomic E-state index is 11.6. The van der Waals surface area contributed by atoms with Crippen LogP contribution in [0.3, 0.4) is 0 Å². The van der Waals surface area contributed by atoms with Crippen molar-refractivity contribution in [3.8, 4) is 11.1 Å². The number of nitrogens with zero attached hydrogens (tertiary/aromatic N) is 1. The van der Waals surface area contributed by atoms with Crippen molar-refractivity contribution in [2.75, 3.05) is 0 Å². The van der Waals surface area contributed by atoms with Crippen molar-refractivity contribution in [2.24, 2.45) is 12.8 Å². The van der Waals surface area contributed by atoms with Crippen molar-refractivity contribution in [2.45, 2.75) is 6.92 Å². The molecule has 0 aliphatic rings. The molecule has 0 aliphatic carbocycles. The molecule has 3 rings (SSSR count). The second-order valence-corrected chi connectivity index (χ2v) is 5.65. The second-order valence-electron chi connectivity index (χ2n) is 5.21. The number of fused-ring (bicyclic) bond motifs is 1. The zero-order chi connectivity index (χ0) is 15.1. The topological polar surface area (TPSA) is 48.0 Å². The molecule has 0 unspecified atom stereocenters. The van der Waals surface area contributed by atoms with E-state index >= 15 is 0 Å². The van der Waals surface area contributed by atoms with E-state index in [1.807, 2.05) is 48.9 Å². The fourth-order valence-electron chi connectivity index (χ4n) is 2.74. The van der Waals surface area contributed by atoms with Gasteiger partial charge in [-0.1, -0.05) is 23.7 Å². The van der Waals surface area contributed by atoms with Crippen molar-refractivity contribution in [1.82, 2.24) is 4.57 Å². The summed E-state index contributed by atoms with van der Waals surface area (Å²) in [5.74, 6) is -0.423. The summed E-state index contributed by atoms with van der Waals surface area (Å²) < 4.78 is 1.85. The van der Waals surface area contributed by atoms with E-state index in [1.54, 1.807) is 0 Å². The molecule has 0 spiro atoms. The molecular weight excluding hydrogens is 284 g/mol. The van der Waals surface area contributed by atoms with E-state index in [0.717, 1.165) is 27.6 Å². The quantitative estimate of drug-likeness (QED) is 0.766. The van der Waals surface area contributed by atoms with E-state index in [1.165, 1.54) is 0 Å². The molecule has 2 aromatic carbocycles. The van der Waals surface area contributed by atoms with Gasteiger partial charge in [0, 0.05) is 23.0 Å². The molecule has 0 saturated heterocycles. The highest BCUT2D eigenvalue weighted by atomic mass is 35.5. The number of rotatable bonds is 2. The van der Waals surface area contributed by atoms with Gasteiger partial charge in [0.25, 0.3) is 5.91 Å². The van der Waals surface area contributed by atoms with Crippen LogP contribution in [0.2, 0.25) is 5.02 Å². The molecule has 0 saturated carbocycles. The molecular formula is C17H15ClN2O. The van der Waals surface area contributed by atoms with Crippen LogP contribution in [0.15, 0.2) is 42.5 Å². The van der Waals surface area contributed by atoms with Crippen LogP contribution in [-0.2, 0) is 7.05 Å². The fourth-order valence-corrected chi connectivity index (χ4v) is 2.87. The van der Waals surface area contributed by atoms with Crippen LogP contribution in [0.5, 0.6) is 0 Å². The van der Waals surface area contributed by atoms with E-state index in [-0.39, 0.29) is 0 Å². The summed E-state index contributed by atoms with van der Waals surface area (Å²) in [5.41, 5.74) is 10.2. The van der Waals surface area contributed by atoms with Gasteiger partial charge in [-0.05, 0) is 48.4 Å². The van der Waals surface area contributed by atoms with Crippen LogP contribution >= 0.6 is 11.6 Å². The highest BCUT2D eigenvalue weighted by molar-refractivity contribution is 6.30. The molecule has 4 heteroatoms. The molecule has 3 nitrogen and oxygen atoms in total. The Morgan fingerprint density at radius 2 is 1.81 bits per heavy atom. The molecule has 0 radical (unpaired) electrons. The van der Waals surface area contributed by atoms with Gasteiger partial charge in [-0.2, -0.15) is 0 Å². The van der Waals surface area contributed by atoms with Crippen LogP contribution in [0, 0.1) is 6.92 Å². The van der Waals surface area contributed by atoms with Crippen molar-refractivity contribution in [3.63, 3.8) is 0 Å². The van der Waals surface area contributed by atoms with E-state index in [0.29, 0.717) is 10.7 Å². The fraction of sp³-hybridized carbons (Fsp3) is 0.118. The summed E-state index contributed by atoms with van der Waals surface area (Å²) in [5, 5.41) is 1.71. The highest BCUT2D eigenvalue weighted by Crippen LogP contribution is 2.32. The third-order valence-corrected chi connectivity index (χ3v) is 3.93.